The van der Waals surface area contributed by atoms with Crippen molar-refractivity contribution >= 4 is 18.3 Å². The number of nitro groups is 1. The van der Waals surface area contributed by atoms with Gasteiger partial charge in [-0.05, 0) is 18.2 Å². The molecule has 5 heteroatoms. The Morgan fingerprint density at radius 3 is 2.80 bits per heavy atom. The number of nitro benzene ring substituents is 1. The van der Waals surface area contributed by atoms with Gasteiger partial charge in [-0.2, -0.15) is 12.6 Å². The quantitative estimate of drug-likeness (QED) is 0.351. The van der Waals surface area contributed by atoms with E-state index in [1.165, 1.54) is 6.07 Å². The molecule has 0 aliphatic carbocycles. The second kappa shape index (κ2) is 6.42. The number of benzene rings is 1. The first-order valence-electron chi connectivity index (χ1n) is 4.66. The normalized spacial score (nSPS) is 10.2. The lowest BCUT2D eigenvalue weighted by Gasteiger charge is -2.03. The number of para-hydroxylation sites is 1. The average molecular weight is 227 g/mol. The summed E-state index contributed by atoms with van der Waals surface area (Å²) < 4.78 is 5.30. The largest absolute Gasteiger partial charge is 0.376 e. The molecule has 0 bridgehead atoms. The summed E-state index contributed by atoms with van der Waals surface area (Å²) in [5.74, 6) is 0.761. The number of thiol groups is 1. The van der Waals surface area contributed by atoms with Crippen LogP contribution in [0.2, 0.25) is 0 Å². The zero-order chi connectivity index (χ0) is 11.1. The predicted octanol–water partition coefficient (Wildman–Crippen LogP) is 2.43. The van der Waals surface area contributed by atoms with Crippen molar-refractivity contribution in [2.75, 3.05) is 12.4 Å². The molecule has 0 spiro atoms. The smallest absolute Gasteiger partial charge is 0.274 e. The van der Waals surface area contributed by atoms with Crippen LogP contribution in [0.25, 0.3) is 0 Å². The van der Waals surface area contributed by atoms with Crippen molar-refractivity contribution in [1.29, 1.82) is 0 Å². The summed E-state index contributed by atoms with van der Waals surface area (Å²) in [4.78, 5) is 10.3. The van der Waals surface area contributed by atoms with Gasteiger partial charge in [0.25, 0.3) is 5.69 Å². The summed E-state index contributed by atoms with van der Waals surface area (Å²) in [6, 6.07) is 6.61. The highest BCUT2D eigenvalue weighted by Crippen LogP contribution is 2.18. The van der Waals surface area contributed by atoms with E-state index >= 15 is 0 Å². The molecule has 0 aromatic heterocycles. The van der Waals surface area contributed by atoms with Gasteiger partial charge in [-0.15, -0.1) is 0 Å². The SMILES string of the molecule is O=[N+]([O-])c1ccccc1COCCCS. The van der Waals surface area contributed by atoms with E-state index in [1.807, 2.05) is 0 Å². The lowest BCUT2D eigenvalue weighted by Crippen LogP contribution is -2.00. The second-order valence-corrected chi connectivity index (χ2v) is 3.46. The van der Waals surface area contributed by atoms with Gasteiger partial charge in [0.05, 0.1) is 17.1 Å². The van der Waals surface area contributed by atoms with Crippen LogP contribution < -0.4 is 0 Å². The molecule has 0 amide bonds. The Balaban J connectivity index is 2.56. The molecule has 4 nitrogen and oxygen atoms in total. The molecule has 0 N–H and O–H groups in total. The van der Waals surface area contributed by atoms with Crippen LogP contribution in [0.3, 0.4) is 0 Å². The van der Waals surface area contributed by atoms with Crippen molar-refractivity contribution < 1.29 is 9.66 Å². The first kappa shape index (κ1) is 12.0. The Hall–Kier alpha value is -1.07. The molecule has 0 radical (unpaired) electrons. The molecule has 0 aliphatic heterocycles. The third-order valence-electron chi connectivity index (χ3n) is 1.89. The molecular weight excluding hydrogens is 214 g/mol. The molecule has 1 rings (SSSR count). The zero-order valence-corrected chi connectivity index (χ0v) is 9.15. The Labute approximate surface area is 93.8 Å². The fraction of sp³-hybridized carbons (Fsp3) is 0.400. The van der Waals surface area contributed by atoms with Crippen LogP contribution in [-0.4, -0.2) is 17.3 Å². The molecule has 1 aromatic carbocycles. The van der Waals surface area contributed by atoms with Gasteiger partial charge < -0.3 is 4.74 Å². The van der Waals surface area contributed by atoms with Gasteiger partial charge in [-0.25, -0.2) is 0 Å². The van der Waals surface area contributed by atoms with Crippen molar-refractivity contribution in [1.82, 2.24) is 0 Å². The monoisotopic (exact) mass is 227 g/mol. The zero-order valence-electron chi connectivity index (χ0n) is 8.26. The van der Waals surface area contributed by atoms with Gasteiger partial charge in [0.2, 0.25) is 0 Å². The highest BCUT2D eigenvalue weighted by atomic mass is 32.1. The van der Waals surface area contributed by atoms with Gasteiger partial charge in [0.15, 0.2) is 0 Å². The van der Waals surface area contributed by atoms with Gasteiger partial charge in [0.1, 0.15) is 0 Å². The van der Waals surface area contributed by atoms with Crippen LogP contribution in [0, 0.1) is 10.1 Å². The fourth-order valence-corrected chi connectivity index (χ4v) is 1.29. The second-order valence-electron chi connectivity index (χ2n) is 3.02. The summed E-state index contributed by atoms with van der Waals surface area (Å²) in [6.45, 7) is 0.862. The van der Waals surface area contributed by atoms with E-state index in [4.69, 9.17) is 4.74 Å². The number of nitrogens with zero attached hydrogens (tertiary/aromatic N) is 1. The minimum absolute atomic E-state index is 0.114. The van der Waals surface area contributed by atoms with Crippen molar-refractivity contribution in [3.63, 3.8) is 0 Å². The molecule has 82 valence electrons. The van der Waals surface area contributed by atoms with Gasteiger partial charge in [0, 0.05) is 12.7 Å². The van der Waals surface area contributed by atoms with E-state index < -0.39 is 4.92 Å². The van der Waals surface area contributed by atoms with Gasteiger partial charge >= 0.3 is 0 Å². The van der Waals surface area contributed by atoms with E-state index in [0.29, 0.717) is 12.2 Å². The van der Waals surface area contributed by atoms with Gasteiger partial charge in [-0.1, -0.05) is 12.1 Å². The Morgan fingerprint density at radius 1 is 1.40 bits per heavy atom. The molecular formula is C10H13NO3S. The number of ether oxygens (including phenoxy) is 1. The maximum atomic E-state index is 10.6. The number of rotatable bonds is 6. The molecule has 0 heterocycles. The minimum atomic E-state index is -0.392. The molecule has 1 aromatic rings. The third-order valence-corrected chi connectivity index (χ3v) is 2.21. The van der Waals surface area contributed by atoms with Crippen LogP contribution in [0.4, 0.5) is 5.69 Å². The Kier molecular flexibility index (Phi) is 5.14. The molecule has 0 saturated heterocycles. The summed E-state index contributed by atoms with van der Waals surface area (Å²) in [5, 5.41) is 10.6. The number of hydrogen-bond acceptors (Lipinski definition) is 4. The first-order valence-corrected chi connectivity index (χ1v) is 5.30. The first-order chi connectivity index (χ1) is 7.25. The highest BCUT2D eigenvalue weighted by molar-refractivity contribution is 7.80. The van der Waals surface area contributed by atoms with Crippen molar-refractivity contribution in [2.24, 2.45) is 0 Å². The number of hydrogen-bond donors (Lipinski definition) is 1. The molecule has 0 unspecified atom stereocenters. The summed E-state index contributed by atoms with van der Waals surface area (Å²) in [7, 11) is 0. The predicted molar refractivity (Wildman–Crippen MR) is 61.2 cm³/mol. The maximum Gasteiger partial charge on any atom is 0.274 e. The van der Waals surface area contributed by atoms with Crippen molar-refractivity contribution in [3.05, 3.63) is 39.9 Å². The fourth-order valence-electron chi connectivity index (χ4n) is 1.16. The molecule has 0 saturated carbocycles. The Bertz CT molecular complexity index is 330. The summed E-state index contributed by atoms with van der Waals surface area (Å²) in [6.07, 6.45) is 0.851. The maximum absolute atomic E-state index is 10.6. The highest BCUT2D eigenvalue weighted by Gasteiger charge is 2.11. The van der Waals surface area contributed by atoms with E-state index in [1.54, 1.807) is 18.2 Å². The lowest BCUT2D eigenvalue weighted by atomic mass is 10.2. The standard InChI is InChI=1S/C10H13NO3S/c12-11(13)10-5-2-1-4-9(10)8-14-6-3-7-15/h1-2,4-5,15H,3,6-8H2. The van der Waals surface area contributed by atoms with E-state index in [0.717, 1.165) is 12.2 Å². The lowest BCUT2D eigenvalue weighted by molar-refractivity contribution is -0.385. The van der Waals surface area contributed by atoms with E-state index in [2.05, 4.69) is 12.6 Å². The van der Waals surface area contributed by atoms with E-state index in [-0.39, 0.29) is 12.3 Å². The van der Waals surface area contributed by atoms with Crippen LogP contribution in [0.15, 0.2) is 24.3 Å². The van der Waals surface area contributed by atoms with E-state index in [9.17, 15) is 10.1 Å². The van der Waals surface area contributed by atoms with Gasteiger partial charge in [-0.3, -0.25) is 10.1 Å². The molecule has 15 heavy (non-hydrogen) atoms. The summed E-state index contributed by atoms with van der Waals surface area (Å²) in [5.41, 5.74) is 0.727. The van der Waals surface area contributed by atoms with Crippen LogP contribution in [0.1, 0.15) is 12.0 Å². The van der Waals surface area contributed by atoms with Crippen LogP contribution >= 0.6 is 12.6 Å². The average Bonchev–Trinajstić information content (AvgIpc) is 2.25. The summed E-state index contributed by atoms with van der Waals surface area (Å²) >= 11 is 4.05. The molecule has 0 atom stereocenters. The topological polar surface area (TPSA) is 52.4 Å². The minimum Gasteiger partial charge on any atom is -0.376 e. The Morgan fingerprint density at radius 2 is 2.13 bits per heavy atom. The van der Waals surface area contributed by atoms with Crippen molar-refractivity contribution in [2.45, 2.75) is 13.0 Å². The molecule has 0 aliphatic rings. The third kappa shape index (κ3) is 3.89. The van der Waals surface area contributed by atoms with Crippen molar-refractivity contribution in [3.8, 4) is 0 Å². The molecule has 0 fully saturated rings. The van der Waals surface area contributed by atoms with Crippen LogP contribution in [-0.2, 0) is 11.3 Å². The van der Waals surface area contributed by atoms with Crippen LogP contribution in [0.5, 0.6) is 0 Å².